The highest BCUT2D eigenvalue weighted by Gasteiger charge is 2.09. The second-order valence-electron chi connectivity index (χ2n) is 5.99. The zero-order valence-corrected chi connectivity index (χ0v) is 14.5. The molecule has 1 atom stereocenters. The Morgan fingerprint density at radius 2 is 1.65 bits per heavy atom. The molecule has 0 saturated heterocycles. The van der Waals surface area contributed by atoms with Crippen LogP contribution in [0.2, 0.25) is 5.02 Å². The highest BCUT2D eigenvalue weighted by Crippen LogP contribution is 2.13. The van der Waals surface area contributed by atoms with Gasteiger partial charge in [0.15, 0.2) is 0 Å². The van der Waals surface area contributed by atoms with Gasteiger partial charge in [-0.05, 0) is 42.5 Å². The predicted molar refractivity (Wildman–Crippen MR) is 97.8 cm³/mol. The van der Waals surface area contributed by atoms with Gasteiger partial charge in [0, 0.05) is 24.7 Å². The van der Waals surface area contributed by atoms with Crippen molar-refractivity contribution in [1.82, 2.24) is 4.90 Å². The second kappa shape index (κ2) is 9.71. The lowest BCUT2D eigenvalue weighted by molar-refractivity contribution is 0.135. The summed E-state index contributed by atoms with van der Waals surface area (Å²) in [6.45, 7) is 4.81. The SMILES string of the molecule is CCC(O)CCN(CCc1ccccc1)Cc1ccc(Cl)cc1. The topological polar surface area (TPSA) is 23.5 Å². The van der Waals surface area contributed by atoms with Crippen molar-refractivity contribution in [1.29, 1.82) is 0 Å². The molecule has 2 nitrogen and oxygen atoms in total. The molecule has 0 aliphatic carbocycles. The van der Waals surface area contributed by atoms with Crippen molar-refractivity contribution in [3.63, 3.8) is 0 Å². The zero-order chi connectivity index (χ0) is 16.5. The Balaban J connectivity index is 1.94. The monoisotopic (exact) mass is 331 g/mol. The molecule has 124 valence electrons. The first-order chi connectivity index (χ1) is 11.2. The predicted octanol–water partition coefficient (Wildman–Crippen LogP) is 4.55. The van der Waals surface area contributed by atoms with Crippen molar-refractivity contribution in [2.45, 2.75) is 38.8 Å². The Kier molecular flexibility index (Phi) is 7.60. The molecule has 2 aromatic carbocycles. The van der Waals surface area contributed by atoms with Gasteiger partial charge in [-0.3, -0.25) is 4.90 Å². The van der Waals surface area contributed by atoms with Crippen LogP contribution >= 0.6 is 11.6 Å². The maximum atomic E-state index is 9.85. The van der Waals surface area contributed by atoms with Crippen LogP contribution in [0.25, 0.3) is 0 Å². The molecule has 1 N–H and O–H groups in total. The molecule has 0 aliphatic rings. The van der Waals surface area contributed by atoms with Gasteiger partial charge in [0.25, 0.3) is 0 Å². The average molecular weight is 332 g/mol. The van der Waals surface area contributed by atoms with Crippen molar-refractivity contribution < 1.29 is 5.11 Å². The Morgan fingerprint density at radius 3 is 2.30 bits per heavy atom. The molecule has 0 aromatic heterocycles. The van der Waals surface area contributed by atoms with Gasteiger partial charge in [0.2, 0.25) is 0 Å². The lowest BCUT2D eigenvalue weighted by Crippen LogP contribution is -2.29. The average Bonchev–Trinajstić information content (AvgIpc) is 2.59. The molecule has 0 amide bonds. The number of nitrogens with zero attached hydrogens (tertiary/aromatic N) is 1. The van der Waals surface area contributed by atoms with E-state index in [0.29, 0.717) is 0 Å². The molecular weight excluding hydrogens is 306 g/mol. The lowest BCUT2D eigenvalue weighted by atomic mass is 10.1. The number of benzene rings is 2. The molecule has 2 rings (SSSR count). The molecule has 1 unspecified atom stereocenters. The molecule has 0 aliphatic heterocycles. The molecule has 0 saturated carbocycles. The van der Waals surface area contributed by atoms with Crippen LogP contribution in [0.3, 0.4) is 0 Å². The van der Waals surface area contributed by atoms with E-state index in [-0.39, 0.29) is 6.10 Å². The molecular formula is C20H26ClNO. The molecule has 0 radical (unpaired) electrons. The van der Waals surface area contributed by atoms with Crippen LogP contribution in [0, 0.1) is 0 Å². The third-order valence-electron chi connectivity index (χ3n) is 4.13. The summed E-state index contributed by atoms with van der Waals surface area (Å²) < 4.78 is 0. The fourth-order valence-electron chi connectivity index (χ4n) is 2.59. The van der Waals surface area contributed by atoms with Crippen molar-refractivity contribution in [3.05, 3.63) is 70.7 Å². The molecule has 2 aromatic rings. The van der Waals surface area contributed by atoms with E-state index in [2.05, 4.69) is 41.3 Å². The van der Waals surface area contributed by atoms with E-state index in [1.165, 1.54) is 11.1 Å². The summed E-state index contributed by atoms with van der Waals surface area (Å²) in [6.07, 6.45) is 2.45. The number of hydrogen-bond acceptors (Lipinski definition) is 2. The number of rotatable bonds is 9. The summed E-state index contributed by atoms with van der Waals surface area (Å²) in [7, 11) is 0. The summed E-state index contributed by atoms with van der Waals surface area (Å²) in [5, 5.41) is 10.6. The lowest BCUT2D eigenvalue weighted by Gasteiger charge is -2.23. The van der Waals surface area contributed by atoms with E-state index < -0.39 is 0 Å². The van der Waals surface area contributed by atoms with Crippen LogP contribution in [0.15, 0.2) is 54.6 Å². The Morgan fingerprint density at radius 1 is 0.957 bits per heavy atom. The summed E-state index contributed by atoms with van der Waals surface area (Å²) >= 11 is 5.96. The maximum absolute atomic E-state index is 9.85. The molecule has 0 spiro atoms. The Labute approximate surface area is 144 Å². The summed E-state index contributed by atoms with van der Waals surface area (Å²) in [4.78, 5) is 2.41. The largest absolute Gasteiger partial charge is 0.393 e. The van der Waals surface area contributed by atoms with Crippen molar-refractivity contribution >= 4 is 11.6 Å². The minimum absolute atomic E-state index is 0.209. The van der Waals surface area contributed by atoms with Gasteiger partial charge in [-0.1, -0.05) is 61.0 Å². The van der Waals surface area contributed by atoms with Crippen LogP contribution in [0.1, 0.15) is 30.9 Å². The molecule has 23 heavy (non-hydrogen) atoms. The highest BCUT2D eigenvalue weighted by atomic mass is 35.5. The van der Waals surface area contributed by atoms with Gasteiger partial charge < -0.3 is 5.11 Å². The van der Waals surface area contributed by atoms with Gasteiger partial charge in [-0.2, -0.15) is 0 Å². The summed E-state index contributed by atoms with van der Waals surface area (Å²) in [5.41, 5.74) is 2.61. The van der Waals surface area contributed by atoms with Crippen molar-refractivity contribution in [2.75, 3.05) is 13.1 Å². The zero-order valence-electron chi connectivity index (χ0n) is 13.8. The fourth-order valence-corrected chi connectivity index (χ4v) is 2.71. The normalized spacial score (nSPS) is 12.5. The first-order valence-electron chi connectivity index (χ1n) is 8.36. The quantitative estimate of drug-likeness (QED) is 0.729. The highest BCUT2D eigenvalue weighted by molar-refractivity contribution is 6.30. The summed E-state index contributed by atoms with van der Waals surface area (Å²) in [5.74, 6) is 0. The van der Waals surface area contributed by atoms with Gasteiger partial charge in [0.05, 0.1) is 6.10 Å². The van der Waals surface area contributed by atoms with Gasteiger partial charge in [-0.25, -0.2) is 0 Å². The van der Waals surface area contributed by atoms with Crippen LogP contribution in [0.5, 0.6) is 0 Å². The second-order valence-corrected chi connectivity index (χ2v) is 6.43. The molecule has 0 heterocycles. The number of aliphatic hydroxyl groups excluding tert-OH is 1. The minimum Gasteiger partial charge on any atom is -0.393 e. The van der Waals surface area contributed by atoms with Crippen molar-refractivity contribution in [2.24, 2.45) is 0 Å². The van der Waals surface area contributed by atoms with Crippen molar-refractivity contribution in [3.8, 4) is 0 Å². The Bertz CT molecular complexity index is 556. The minimum atomic E-state index is -0.209. The van der Waals surface area contributed by atoms with E-state index in [0.717, 1.165) is 43.9 Å². The first-order valence-corrected chi connectivity index (χ1v) is 8.74. The first kappa shape index (κ1) is 18.0. The molecule has 3 heteroatoms. The maximum Gasteiger partial charge on any atom is 0.0549 e. The van der Waals surface area contributed by atoms with Gasteiger partial charge >= 0.3 is 0 Å². The van der Waals surface area contributed by atoms with E-state index in [9.17, 15) is 5.11 Å². The number of aliphatic hydroxyl groups is 1. The fraction of sp³-hybridized carbons (Fsp3) is 0.400. The van der Waals surface area contributed by atoms with Gasteiger partial charge in [0.1, 0.15) is 0 Å². The smallest absolute Gasteiger partial charge is 0.0549 e. The van der Waals surface area contributed by atoms with E-state index in [1.54, 1.807) is 0 Å². The van der Waals surface area contributed by atoms with Crippen LogP contribution in [-0.2, 0) is 13.0 Å². The molecule has 0 fully saturated rings. The van der Waals surface area contributed by atoms with Crippen LogP contribution in [0.4, 0.5) is 0 Å². The standard InChI is InChI=1S/C20H26ClNO/c1-2-20(23)13-15-22(14-12-17-6-4-3-5-7-17)16-18-8-10-19(21)11-9-18/h3-11,20,23H,2,12-16H2,1H3. The summed E-state index contributed by atoms with van der Waals surface area (Å²) in [6, 6.07) is 18.6. The van der Waals surface area contributed by atoms with Gasteiger partial charge in [-0.15, -0.1) is 0 Å². The third kappa shape index (κ3) is 6.74. The van der Waals surface area contributed by atoms with E-state index >= 15 is 0 Å². The van der Waals surface area contributed by atoms with E-state index in [4.69, 9.17) is 11.6 Å². The number of hydrogen-bond donors (Lipinski definition) is 1. The third-order valence-corrected chi connectivity index (χ3v) is 4.38. The van der Waals surface area contributed by atoms with Crippen LogP contribution < -0.4 is 0 Å². The van der Waals surface area contributed by atoms with Crippen LogP contribution in [-0.4, -0.2) is 29.2 Å². The number of halogens is 1. The Hall–Kier alpha value is -1.35. The van der Waals surface area contributed by atoms with E-state index in [1.807, 2.05) is 25.1 Å². The molecule has 0 bridgehead atoms.